The van der Waals surface area contributed by atoms with Crippen LogP contribution in [0, 0.1) is 18.8 Å². The molecule has 0 bridgehead atoms. The summed E-state index contributed by atoms with van der Waals surface area (Å²) in [6.07, 6.45) is 3.60. The molecule has 9 heteroatoms. The Morgan fingerprint density at radius 3 is 2.61 bits per heavy atom. The summed E-state index contributed by atoms with van der Waals surface area (Å²) in [4.78, 5) is 0.124. The van der Waals surface area contributed by atoms with Crippen molar-refractivity contribution in [1.82, 2.24) is 9.78 Å². The molecule has 0 unspecified atom stereocenters. The first-order valence-electron chi connectivity index (χ1n) is 10.7. The molecule has 1 aromatic carbocycles. The molecule has 1 fully saturated rings. The largest absolute Gasteiger partial charge is 0.493 e. The zero-order valence-electron chi connectivity index (χ0n) is 18.7. The van der Waals surface area contributed by atoms with Gasteiger partial charge in [0.05, 0.1) is 29.5 Å². The van der Waals surface area contributed by atoms with Gasteiger partial charge in [0, 0.05) is 38.6 Å². The number of aryl methyl sites for hydroxylation is 2. The molecule has 2 aromatic rings. The maximum absolute atomic E-state index is 13.6. The van der Waals surface area contributed by atoms with Crippen molar-refractivity contribution >= 4 is 15.7 Å². The van der Waals surface area contributed by atoms with Crippen LogP contribution in [0.15, 0.2) is 29.3 Å². The fourth-order valence-corrected chi connectivity index (χ4v) is 5.44. The summed E-state index contributed by atoms with van der Waals surface area (Å²) in [6, 6.07) is 4.70. The molecule has 1 aromatic heterocycles. The van der Waals surface area contributed by atoms with E-state index < -0.39 is 10.0 Å². The smallest absolute Gasteiger partial charge is 0.264 e. The number of nitrogens with zero attached hydrogens (tertiary/aromatic N) is 3. The molecule has 0 radical (unpaired) electrons. The zero-order valence-corrected chi connectivity index (χ0v) is 19.6. The molecule has 0 amide bonds. The molecule has 172 valence electrons. The highest BCUT2D eigenvalue weighted by Gasteiger charge is 2.29. The van der Waals surface area contributed by atoms with Gasteiger partial charge in [0.25, 0.3) is 10.0 Å². The highest BCUT2D eigenvalue weighted by molar-refractivity contribution is 7.92. The van der Waals surface area contributed by atoms with Gasteiger partial charge >= 0.3 is 0 Å². The SMILES string of the molecule is Cc1nn(C)cc1N(CC(C)C)S(=O)(=O)c1ccc(OCC2CCOCC2)c(CO)c1. The van der Waals surface area contributed by atoms with E-state index >= 15 is 0 Å². The van der Waals surface area contributed by atoms with Crippen LogP contribution < -0.4 is 9.04 Å². The van der Waals surface area contributed by atoms with Gasteiger partial charge in [0.2, 0.25) is 0 Å². The summed E-state index contributed by atoms with van der Waals surface area (Å²) in [6.45, 7) is 7.76. The topological polar surface area (TPSA) is 93.9 Å². The Morgan fingerprint density at radius 1 is 1.32 bits per heavy atom. The highest BCUT2D eigenvalue weighted by Crippen LogP contribution is 2.30. The van der Waals surface area contributed by atoms with Crippen LogP contribution in [-0.4, -0.2) is 49.7 Å². The third kappa shape index (κ3) is 5.58. The van der Waals surface area contributed by atoms with E-state index in [0.717, 1.165) is 26.1 Å². The van der Waals surface area contributed by atoms with Crippen LogP contribution in [0.1, 0.15) is 37.9 Å². The number of aliphatic hydroxyl groups excluding tert-OH is 1. The average molecular weight is 452 g/mol. The molecular formula is C22H33N3O5S. The van der Waals surface area contributed by atoms with Crippen LogP contribution in [0.2, 0.25) is 0 Å². The normalized spacial score (nSPS) is 15.4. The number of benzene rings is 1. The Bertz CT molecular complexity index is 981. The summed E-state index contributed by atoms with van der Waals surface area (Å²) >= 11 is 0. The second kappa shape index (κ2) is 10.0. The van der Waals surface area contributed by atoms with Crippen LogP contribution in [0.4, 0.5) is 5.69 Å². The van der Waals surface area contributed by atoms with Gasteiger partial charge in [-0.25, -0.2) is 8.42 Å². The molecule has 2 heterocycles. The van der Waals surface area contributed by atoms with Gasteiger partial charge < -0.3 is 14.6 Å². The van der Waals surface area contributed by atoms with Crippen LogP contribution in [0.25, 0.3) is 0 Å². The Labute approximate surface area is 184 Å². The second-order valence-electron chi connectivity index (χ2n) is 8.50. The highest BCUT2D eigenvalue weighted by atomic mass is 32.2. The van der Waals surface area contributed by atoms with E-state index in [0.29, 0.717) is 41.8 Å². The third-order valence-corrected chi connectivity index (χ3v) is 7.17. The number of anilines is 1. The summed E-state index contributed by atoms with van der Waals surface area (Å²) in [7, 11) is -2.08. The van der Waals surface area contributed by atoms with Gasteiger partial charge in [-0.15, -0.1) is 0 Å². The van der Waals surface area contributed by atoms with Crippen LogP contribution >= 0.6 is 0 Å². The van der Waals surface area contributed by atoms with E-state index in [4.69, 9.17) is 9.47 Å². The number of rotatable bonds is 9. The second-order valence-corrected chi connectivity index (χ2v) is 10.4. The lowest BCUT2D eigenvalue weighted by molar-refractivity contribution is 0.0494. The fraction of sp³-hybridized carbons (Fsp3) is 0.591. The lowest BCUT2D eigenvalue weighted by Crippen LogP contribution is -2.34. The predicted molar refractivity (Wildman–Crippen MR) is 119 cm³/mol. The average Bonchev–Trinajstić information content (AvgIpc) is 3.08. The van der Waals surface area contributed by atoms with E-state index in [1.807, 2.05) is 13.8 Å². The van der Waals surface area contributed by atoms with Gasteiger partial charge in [-0.05, 0) is 49.8 Å². The van der Waals surface area contributed by atoms with Crippen molar-refractivity contribution in [2.75, 3.05) is 30.7 Å². The summed E-state index contributed by atoms with van der Waals surface area (Å²) in [5.41, 5.74) is 1.66. The molecule has 0 saturated carbocycles. The standard InChI is InChI=1S/C22H33N3O5S/c1-16(2)12-25(21-13-24(4)23-17(21)3)31(27,28)20-5-6-22(19(11-20)14-26)30-15-18-7-9-29-10-8-18/h5-6,11,13,16,18,26H,7-10,12,14-15H2,1-4H3. The van der Waals surface area contributed by atoms with Crippen molar-refractivity contribution in [3.63, 3.8) is 0 Å². The Balaban J connectivity index is 1.88. The Hall–Kier alpha value is -2.10. The molecule has 8 nitrogen and oxygen atoms in total. The van der Waals surface area contributed by atoms with Gasteiger partial charge in [-0.2, -0.15) is 5.10 Å². The number of aromatic nitrogens is 2. The van der Waals surface area contributed by atoms with Crippen LogP contribution in [0.3, 0.4) is 0 Å². The van der Waals surface area contributed by atoms with Gasteiger partial charge in [0.1, 0.15) is 5.75 Å². The van der Waals surface area contributed by atoms with Crippen LogP contribution in [0.5, 0.6) is 5.75 Å². The van der Waals surface area contributed by atoms with Gasteiger partial charge in [-0.3, -0.25) is 8.99 Å². The van der Waals surface area contributed by atoms with E-state index in [-0.39, 0.29) is 17.4 Å². The minimum atomic E-state index is -3.85. The van der Waals surface area contributed by atoms with Gasteiger partial charge in [0.15, 0.2) is 0 Å². The van der Waals surface area contributed by atoms with E-state index in [9.17, 15) is 13.5 Å². The first kappa shape index (κ1) is 23.6. The maximum atomic E-state index is 13.6. The molecule has 1 N–H and O–H groups in total. The zero-order chi connectivity index (χ0) is 22.6. The lowest BCUT2D eigenvalue weighted by atomic mass is 10.0. The molecule has 0 atom stereocenters. The first-order chi connectivity index (χ1) is 14.7. The molecule has 0 aliphatic carbocycles. The van der Waals surface area contributed by atoms with Crippen molar-refractivity contribution < 1.29 is 23.0 Å². The molecule has 1 saturated heterocycles. The lowest BCUT2D eigenvalue weighted by Gasteiger charge is -2.26. The Morgan fingerprint density at radius 2 is 2.03 bits per heavy atom. The third-order valence-electron chi connectivity index (χ3n) is 5.39. The van der Waals surface area contributed by atoms with Crippen molar-refractivity contribution in [2.45, 2.75) is 45.1 Å². The molecule has 31 heavy (non-hydrogen) atoms. The van der Waals surface area contributed by atoms with Crippen LogP contribution in [-0.2, 0) is 28.4 Å². The number of hydrogen-bond donors (Lipinski definition) is 1. The molecule has 1 aliphatic rings. The van der Waals surface area contributed by atoms with Crippen molar-refractivity contribution in [3.8, 4) is 5.75 Å². The van der Waals surface area contributed by atoms with Gasteiger partial charge in [-0.1, -0.05) is 13.8 Å². The number of aliphatic hydroxyl groups is 1. The summed E-state index contributed by atoms with van der Waals surface area (Å²) in [5, 5.41) is 14.2. The minimum Gasteiger partial charge on any atom is -0.493 e. The Kier molecular flexibility index (Phi) is 7.61. The number of ether oxygens (including phenoxy) is 2. The first-order valence-corrected chi connectivity index (χ1v) is 12.1. The minimum absolute atomic E-state index is 0.119. The maximum Gasteiger partial charge on any atom is 0.264 e. The summed E-state index contributed by atoms with van der Waals surface area (Å²) in [5.74, 6) is 1.04. The molecule has 3 rings (SSSR count). The summed E-state index contributed by atoms with van der Waals surface area (Å²) < 4.78 is 41.4. The molecular weight excluding hydrogens is 418 g/mol. The predicted octanol–water partition coefficient (Wildman–Crippen LogP) is 2.88. The number of hydrogen-bond acceptors (Lipinski definition) is 6. The molecule has 0 spiro atoms. The van der Waals surface area contributed by atoms with E-state index in [1.165, 1.54) is 10.4 Å². The van der Waals surface area contributed by atoms with Crippen molar-refractivity contribution in [3.05, 3.63) is 35.7 Å². The molecule has 1 aliphatic heterocycles. The van der Waals surface area contributed by atoms with E-state index in [1.54, 1.807) is 37.0 Å². The number of sulfonamides is 1. The quantitative estimate of drug-likeness (QED) is 0.630. The van der Waals surface area contributed by atoms with Crippen molar-refractivity contribution in [2.24, 2.45) is 18.9 Å². The fourth-order valence-electron chi connectivity index (χ4n) is 3.72. The van der Waals surface area contributed by atoms with E-state index in [2.05, 4.69) is 5.10 Å². The monoisotopic (exact) mass is 451 g/mol. The van der Waals surface area contributed by atoms with Crippen molar-refractivity contribution in [1.29, 1.82) is 0 Å².